The van der Waals surface area contributed by atoms with Gasteiger partial charge in [-0.2, -0.15) is 26.3 Å². The summed E-state index contributed by atoms with van der Waals surface area (Å²) in [4.78, 5) is 11.3. The molecule has 0 aliphatic carbocycles. The maximum Gasteiger partial charge on any atom is 0.454 e. The Hall–Kier alpha value is -2.49. The molecule has 0 radical (unpaired) electrons. The zero-order chi connectivity index (χ0) is 21.4. The zero-order valence-electron chi connectivity index (χ0n) is 14.5. The van der Waals surface area contributed by atoms with Gasteiger partial charge >= 0.3 is 12.4 Å². The molecule has 0 heterocycles. The summed E-state index contributed by atoms with van der Waals surface area (Å²) in [6, 6.07) is 6.78. The van der Waals surface area contributed by atoms with Gasteiger partial charge in [0.15, 0.2) is 0 Å². The number of rotatable bonds is 4. The van der Waals surface area contributed by atoms with Crippen molar-refractivity contribution in [2.45, 2.75) is 36.0 Å². The summed E-state index contributed by atoms with van der Waals surface area (Å²) in [7, 11) is -2.16. The Morgan fingerprint density at radius 2 is 1.25 bits per heavy atom. The van der Waals surface area contributed by atoms with Crippen LogP contribution in [0.4, 0.5) is 26.3 Å². The van der Waals surface area contributed by atoms with Crippen molar-refractivity contribution in [1.29, 1.82) is 5.41 Å². The van der Waals surface area contributed by atoms with Crippen molar-refractivity contribution >= 4 is 22.3 Å². The molecule has 3 nitrogen and oxygen atoms in total. The second-order valence-electron chi connectivity index (χ2n) is 5.83. The molecule has 2 rings (SSSR count). The van der Waals surface area contributed by atoms with E-state index in [1.165, 1.54) is 32.0 Å². The average molecular weight is 421 g/mol. The van der Waals surface area contributed by atoms with E-state index in [1.807, 2.05) is 0 Å². The highest BCUT2D eigenvalue weighted by Gasteiger charge is 2.40. The highest BCUT2D eigenvalue weighted by atomic mass is 32.2. The predicted molar refractivity (Wildman–Crippen MR) is 90.3 cm³/mol. The minimum absolute atomic E-state index is 0.0879. The Kier molecular flexibility index (Phi) is 5.84. The topological polar surface area (TPSA) is 58.0 Å². The lowest BCUT2D eigenvalue weighted by atomic mass is 10.0. The fourth-order valence-corrected chi connectivity index (χ4v) is 3.99. The summed E-state index contributed by atoms with van der Waals surface area (Å²) in [5.74, 6) is -2.10. The summed E-state index contributed by atoms with van der Waals surface area (Å²) >= 11 is 0. The first kappa shape index (κ1) is 21.8. The number of hydrogen-bond acceptors (Lipinski definition) is 3. The first-order valence-electron chi connectivity index (χ1n) is 7.65. The fourth-order valence-electron chi connectivity index (χ4n) is 2.57. The fraction of sp³-hybridized carbons (Fsp3) is 0.222. The molecule has 28 heavy (non-hydrogen) atoms. The first-order chi connectivity index (χ1) is 12.8. The molecule has 1 unspecified atom stereocenters. The average Bonchev–Trinajstić information content (AvgIpc) is 2.59. The number of alkyl halides is 6. The van der Waals surface area contributed by atoms with Crippen molar-refractivity contribution in [3.63, 3.8) is 0 Å². The number of benzene rings is 2. The summed E-state index contributed by atoms with van der Waals surface area (Å²) in [6.07, 6.45) is -10.0. The predicted octanol–water partition coefficient (Wildman–Crippen LogP) is 5.15. The highest BCUT2D eigenvalue weighted by Crippen LogP contribution is 2.31. The van der Waals surface area contributed by atoms with Crippen LogP contribution in [0.1, 0.15) is 27.0 Å². The Balaban J connectivity index is 2.57. The maximum absolute atomic E-state index is 12.9. The monoisotopic (exact) mass is 421 g/mol. The molecular weight excluding hydrogens is 408 g/mol. The standard InChI is InChI=1S/C18H13F6NO2S/c1-9-11(15(25)17(19,20)21)5-3-7-13(9)28(27)14-8-4-6-12(10(14)2)16(26)18(22,23)24/h3-8,25H,1-2H3. The third kappa shape index (κ3) is 4.16. The lowest BCUT2D eigenvalue weighted by molar-refractivity contribution is -0.0885. The van der Waals surface area contributed by atoms with Gasteiger partial charge in [0.2, 0.25) is 0 Å². The Morgan fingerprint density at radius 1 is 0.821 bits per heavy atom. The van der Waals surface area contributed by atoms with Crippen molar-refractivity contribution < 1.29 is 35.3 Å². The van der Waals surface area contributed by atoms with Crippen LogP contribution in [-0.4, -0.2) is 28.1 Å². The van der Waals surface area contributed by atoms with Crippen molar-refractivity contribution in [3.8, 4) is 0 Å². The Labute approximate surface area is 158 Å². The second kappa shape index (κ2) is 7.50. The number of carbonyl (C=O) groups is 1. The van der Waals surface area contributed by atoms with Gasteiger partial charge < -0.3 is 0 Å². The largest absolute Gasteiger partial charge is 0.454 e. The molecule has 0 fully saturated rings. The van der Waals surface area contributed by atoms with Gasteiger partial charge in [0, 0.05) is 20.9 Å². The van der Waals surface area contributed by atoms with Gasteiger partial charge in [-0.15, -0.1) is 0 Å². The van der Waals surface area contributed by atoms with Gasteiger partial charge in [-0.25, -0.2) is 4.21 Å². The smallest absolute Gasteiger partial charge is 0.296 e. The zero-order valence-corrected chi connectivity index (χ0v) is 15.3. The van der Waals surface area contributed by atoms with E-state index < -0.39 is 45.8 Å². The summed E-state index contributed by atoms with van der Waals surface area (Å²) in [5.41, 5.74) is -3.07. The number of ketones is 1. The SMILES string of the molecule is Cc1c(C(=N)C(F)(F)F)cccc1S(=O)c1cccc(C(=O)C(F)(F)F)c1C. The van der Waals surface area contributed by atoms with Gasteiger partial charge in [0.25, 0.3) is 5.78 Å². The van der Waals surface area contributed by atoms with Crippen LogP contribution in [0.3, 0.4) is 0 Å². The molecule has 2 aromatic rings. The van der Waals surface area contributed by atoms with E-state index in [0.29, 0.717) is 0 Å². The van der Waals surface area contributed by atoms with Crippen LogP contribution in [0.5, 0.6) is 0 Å². The van der Waals surface area contributed by atoms with Crippen LogP contribution in [0, 0.1) is 19.3 Å². The van der Waals surface area contributed by atoms with E-state index in [0.717, 1.165) is 18.2 Å². The number of Topliss-reactive ketones (excluding diaryl/α,β-unsaturated/α-hetero) is 1. The van der Waals surface area contributed by atoms with Gasteiger partial charge in [0.1, 0.15) is 5.71 Å². The molecule has 0 aromatic heterocycles. The van der Waals surface area contributed by atoms with Crippen LogP contribution >= 0.6 is 0 Å². The maximum atomic E-state index is 12.9. The molecular formula is C18H13F6NO2S. The van der Waals surface area contributed by atoms with Gasteiger partial charge in [-0.3, -0.25) is 10.2 Å². The van der Waals surface area contributed by atoms with Crippen LogP contribution < -0.4 is 0 Å². The summed E-state index contributed by atoms with van der Waals surface area (Å²) in [5, 5.41) is 7.27. The number of hydrogen-bond donors (Lipinski definition) is 1. The van der Waals surface area contributed by atoms with E-state index in [9.17, 15) is 35.3 Å². The lowest BCUT2D eigenvalue weighted by Crippen LogP contribution is -2.24. The molecule has 0 amide bonds. The molecule has 0 spiro atoms. The molecule has 0 aliphatic rings. The highest BCUT2D eigenvalue weighted by molar-refractivity contribution is 7.85. The molecule has 0 saturated heterocycles. The van der Waals surface area contributed by atoms with E-state index in [4.69, 9.17) is 5.41 Å². The third-order valence-corrected chi connectivity index (χ3v) is 5.71. The van der Waals surface area contributed by atoms with Crippen molar-refractivity contribution in [1.82, 2.24) is 0 Å². The third-order valence-electron chi connectivity index (χ3n) is 4.02. The van der Waals surface area contributed by atoms with Crippen LogP contribution in [0.15, 0.2) is 46.2 Å². The lowest BCUT2D eigenvalue weighted by Gasteiger charge is -2.16. The van der Waals surface area contributed by atoms with E-state index in [-0.39, 0.29) is 20.9 Å². The normalized spacial score (nSPS) is 13.3. The molecule has 1 atom stereocenters. The number of carbonyl (C=O) groups excluding carboxylic acids is 1. The van der Waals surface area contributed by atoms with E-state index in [2.05, 4.69) is 0 Å². The van der Waals surface area contributed by atoms with Crippen molar-refractivity contribution in [2.75, 3.05) is 0 Å². The molecule has 0 saturated carbocycles. The molecule has 0 bridgehead atoms. The molecule has 10 heteroatoms. The second-order valence-corrected chi connectivity index (χ2v) is 7.24. The summed E-state index contributed by atoms with van der Waals surface area (Å²) < 4.78 is 89.6. The van der Waals surface area contributed by atoms with Crippen LogP contribution in [0.25, 0.3) is 0 Å². The minimum atomic E-state index is -5.12. The first-order valence-corrected chi connectivity index (χ1v) is 8.80. The quantitative estimate of drug-likeness (QED) is 0.422. The molecule has 2 aromatic carbocycles. The Morgan fingerprint density at radius 3 is 1.68 bits per heavy atom. The Bertz CT molecular complexity index is 902. The van der Waals surface area contributed by atoms with Crippen molar-refractivity contribution in [3.05, 3.63) is 58.7 Å². The minimum Gasteiger partial charge on any atom is -0.296 e. The number of halogens is 6. The van der Waals surface area contributed by atoms with Gasteiger partial charge in [-0.05, 0) is 37.1 Å². The van der Waals surface area contributed by atoms with Crippen molar-refractivity contribution in [2.24, 2.45) is 0 Å². The molecule has 150 valence electrons. The van der Waals surface area contributed by atoms with Crippen LogP contribution in [0.2, 0.25) is 0 Å². The molecule has 0 aliphatic heterocycles. The van der Waals surface area contributed by atoms with E-state index in [1.54, 1.807) is 0 Å². The van der Waals surface area contributed by atoms with Gasteiger partial charge in [0.05, 0.1) is 10.8 Å². The van der Waals surface area contributed by atoms with E-state index >= 15 is 0 Å². The van der Waals surface area contributed by atoms with Gasteiger partial charge in [-0.1, -0.05) is 24.3 Å². The summed E-state index contributed by atoms with van der Waals surface area (Å²) in [6.45, 7) is 2.42. The molecule has 1 N–H and O–H groups in total. The number of nitrogens with one attached hydrogen (secondary N) is 1. The van der Waals surface area contributed by atoms with Crippen LogP contribution in [-0.2, 0) is 10.8 Å².